The lowest BCUT2D eigenvalue weighted by molar-refractivity contribution is 0.472. The lowest BCUT2D eigenvalue weighted by Gasteiger charge is -2.31. The fourth-order valence-corrected chi connectivity index (χ4v) is 5.83. The fourth-order valence-electron chi connectivity index (χ4n) is 5.83. The average molecular weight is 434 g/mol. The lowest BCUT2D eigenvalue weighted by Crippen LogP contribution is -2.27. The van der Waals surface area contributed by atoms with Crippen LogP contribution in [0.5, 0.6) is 0 Å². The smallest absolute Gasteiger partial charge is 0.131 e. The first-order chi connectivity index (χ1) is 15.5. The van der Waals surface area contributed by atoms with Gasteiger partial charge in [-0.05, 0) is 73.5 Å². The van der Waals surface area contributed by atoms with Crippen molar-refractivity contribution < 1.29 is 4.42 Å². The van der Waals surface area contributed by atoms with Crippen LogP contribution in [-0.4, -0.2) is 0 Å². The number of fused-ring (bicyclic) bond motifs is 10. The third kappa shape index (κ3) is 2.55. The molecular weight excluding hydrogens is 402 g/mol. The zero-order valence-electron chi connectivity index (χ0n) is 20.3. The minimum absolute atomic E-state index is 0.0463. The molecule has 33 heavy (non-hydrogen) atoms. The molecule has 0 amide bonds. The number of benzene rings is 3. The van der Waals surface area contributed by atoms with Gasteiger partial charge in [-0.2, -0.15) is 0 Å². The molecule has 0 fully saturated rings. The molecular formula is C31H31NO. The minimum atomic E-state index is -0.489. The van der Waals surface area contributed by atoms with Gasteiger partial charge < -0.3 is 10.2 Å². The summed E-state index contributed by atoms with van der Waals surface area (Å²) in [6, 6.07) is 22.5. The molecule has 2 nitrogen and oxygen atoms in total. The zero-order valence-corrected chi connectivity index (χ0v) is 20.3. The topological polar surface area (TPSA) is 39.2 Å². The van der Waals surface area contributed by atoms with E-state index >= 15 is 0 Å². The van der Waals surface area contributed by atoms with Crippen molar-refractivity contribution in [2.45, 2.75) is 57.8 Å². The van der Waals surface area contributed by atoms with Gasteiger partial charge in [0.1, 0.15) is 11.2 Å². The molecule has 1 spiro atoms. The van der Waals surface area contributed by atoms with E-state index < -0.39 is 5.41 Å². The highest BCUT2D eigenvalue weighted by molar-refractivity contribution is 5.94. The lowest BCUT2D eigenvalue weighted by atomic mass is 9.71. The number of nitrogen functional groups attached to an aromatic ring is 1. The van der Waals surface area contributed by atoms with E-state index in [1.165, 1.54) is 50.1 Å². The summed E-state index contributed by atoms with van der Waals surface area (Å²) in [7, 11) is 0. The average Bonchev–Trinajstić information content (AvgIpc) is 3.39. The Morgan fingerprint density at radius 3 is 1.64 bits per heavy atom. The Morgan fingerprint density at radius 1 is 0.606 bits per heavy atom. The van der Waals surface area contributed by atoms with Crippen molar-refractivity contribution in [3.8, 4) is 22.3 Å². The maximum Gasteiger partial charge on any atom is 0.131 e. The second-order valence-electron chi connectivity index (χ2n) is 11.7. The highest BCUT2D eigenvalue weighted by Gasteiger charge is 2.54. The highest BCUT2D eigenvalue weighted by Crippen LogP contribution is 2.63. The summed E-state index contributed by atoms with van der Waals surface area (Å²) in [5.74, 6) is 1.01. The van der Waals surface area contributed by atoms with Gasteiger partial charge in [-0.3, -0.25) is 0 Å². The molecule has 4 aromatic rings. The molecule has 1 heterocycles. The standard InChI is InChI=1S/C31H31NO/c1-29(2,3)18-7-10-21-22-11-8-19(30(4,5)6)16-26(22)31(25(21)15-18)27-17-20(32)9-12-23(27)24-13-14-33-28(24)31/h7-17H,32H2,1-6H3. The van der Waals surface area contributed by atoms with Gasteiger partial charge in [0.25, 0.3) is 0 Å². The first-order valence-electron chi connectivity index (χ1n) is 11.8. The summed E-state index contributed by atoms with van der Waals surface area (Å²) in [5.41, 5.74) is 18.2. The molecule has 2 aliphatic rings. The Labute approximate surface area is 196 Å². The summed E-state index contributed by atoms with van der Waals surface area (Å²) in [4.78, 5) is 0. The van der Waals surface area contributed by atoms with Gasteiger partial charge in [0, 0.05) is 11.3 Å². The van der Waals surface area contributed by atoms with Crippen molar-refractivity contribution in [2.24, 2.45) is 0 Å². The predicted molar refractivity (Wildman–Crippen MR) is 137 cm³/mol. The Bertz CT molecular complexity index is 1380. The molecule has 2 heteroatoms. The summed E-state index contributed by atoms with van der Waals surface area (Å²) < 4.78 is 6.36. The predicted octanol–water partition coefficient (Wildman–Crippen LogP) is 7.80. The van der Waals surface area contributed by atoms with Crippen LogP contribution >= 0.6 is 0 Å². The van der Waals surface area contributed by atoms with Gasteiger partial charge in [0.2, 0.25) is 0 Å². The van der Waals surface area contributed by atoms with Crippen molar-refractivity contribution in [1.29, 1.82) is 0 Å². The molecule has 0 saturated heterocycles. The van der Waals surface area contributed by atoms with Crippen LogP contribution < -0.4 is 5.73 Å². The molecule has 1 aromatic heterocycles. The molecule has 0 atom stereocenters. The number of nitrogens with two attached hydrogens (primary N) is 1. The van der Waals surface area contributed by atoms with E-state index in [9.17, 15) is 0 Å². The second kappa shape index (κ2) is 6.20. The largest absolute Gasteiger partial charge is 0.467 e. The highest BCUT2D eigenvalue weighted by atomic mass is 16.3. The van der Waals surface area contributed by atoms with Crippen LogP contribution in [0.4, 0.5) is 5.69 Å². The Balaban J connectivity index is 1.80. The molecule has 0 unspecified atom stereocenters. The SMILES string of the molecule is CC(C)(C)c1ccc2c(c1)C1(c3cc(C(C)(C)C)ccc3-2)c2cc(N)ccc2-c2ccoc21. The molecule has 2 aliphatic carbocycles. The molecule has 166 valence electrons. The molecule has 6 rings (SSSR count). The van der Waals surface area contributed by atoms with Gasteiger partial charge in [-0.15, -0.1) is 0 Å². The molecule has 0 radical (unpaired) electrons. The van der Waals surface area contributed by atoms with Crippen molar-refractivity contribution in [3.63, 3.8) is 0 Å². The third-order valence-electron chi connectivity index (χ3n) is 7.61. The Kier molecular flexibility index (Phi) is 3.82. The zero-order chi connectivity index (χ0) is 23.3. The summed E-state index contributed by atoms with van der Waals surface area (Å²) in [6.07, 6.45) is 1.84. The molecule has 0 bridgehead atoms. The van der Waals surface area contributed by atoms with E-state index in [2.05, 4.69) is 96.1 Å². The van der Waals surface area contributed by atoms with Crippen LogP contribution in [0.15, 0.2) is 71.3 Å². The van der Waals surface area contributed by atoms with Crippen LogP contribution in [0.3, 0.4) is 0 Å². The summed E-state index contributed by atoms with van der Waals surface area (Å²) >= 11 is 0. The van der Waals surface area contributed by atoms with Crippen LogP contribution in [0.25, 0.3) is 22.3 Å². The maximum absolute atomic E-state index is 6.39. The quantitative estimate of drug-likeness (QED) is 0.248. The van der Waals surface area contributed by atoms with Gasteiger partial charge in [0.05, 0.1) is 6.26 Å². The fraction of sp³-hybridized carbons (Fsp3) is 0.290. The van der Waals surface area contributed by atoms with E-state index in [4.69, 9.17) is 10.2 Å². The van der Waals surface area contributed by atoms with E-state index in [1.54, 1.807) is 0 Å². The Morgan fingerprint density at radius 2 is 1.09 bits per heavy atom. The van der Waals surface area contributed by atoms with Crippen molar-refractivity contribution in [1.82, 2.24) is 0 Å². The number of hydrogen-bond donors (Lipinski definition) is 1. The normalized spacial score (nSPS) is 15.3. The first kappa shape index (κ1) is 20.4. The van der Waals surface area contributed by atoms with Gasteiger partial charge in [0.15, 0.2) is 0 Å². The number of rotatable bonds is 0. The van der Waals surface area contributed by atoms with Gasteiger partial charge in [-0.25, -0.2) is 0 Å². The number of anilines is 1. The monoisotopic (exact) mass is 433 g/mol. The Hall–Kier alpha value is -3.26. The third-order valence-corrected chi connectivity index (χ3v) is 7.61. The molecule has 2 N–H and O–H groups in total. The summed E-state index contributed by atoms with van der Waals surface area (Å²) in [5, 5.41) is 0. The number of hydrogen-bond acceptors (Lipinski definition) is 2. The van der Waals surface area contributed by atoms with Crippen molar-refractivity contribution in [3.05, 3.63) is 101 Å². The van der Waals surface area contributed by atoms with Crippen LogP contribution in [0, 0.1) is 0 Å². The first-order valence-corrected chi connectivity index (χ1v) is 11.8. The minimum Gasteiger partial charge on any atom is -0.467 e. The molecule has 3 aromatic carbocycles. The van der Waals surface area contributed by atoms with Crippen LogP contribution in [0.1, 0.15) is 75.1 Å². The molecule has 0 saturated carbocycles. The van der Waals surface area contributed by atoms with Crippen LogP contribution in [-0.2, 0) is 16.2 Å². The molecule has 0 aliphatic heterocycles. The maximum atomic E-state index is 6.39. The van der Waals surface area contributed by atoms with Gasteiger partial charge >= 0.3 is 0 Å². The van der Waals surface area contributed by atoms with Crippen molar-refractivity contribution in [2.75, 3.05) is 5.73 Å². The number of furan rings is 1. The van der Waals surface area contributed by atoms with E-state index in [-0.39, 0.29) is 10.8 Å². The van der Waals surface area contributed by atoms with E-state index in [0.29, 0.717) is 0 Å². The van der Waals surface area contributed by atoms with E-state index in [1.807, 2.05) is 12.3 Å². The van der Waals surface area contributed by atoms with Gasteiger partial charge in [-0.1, -0.05) is 84.0 Å². The second-order valence-corrected chi connectivity index (χ2v) is 11.7. The van der Waals surface area contributed by atoms with Crippen LogP contribution in [0.2, 0.25) is 0 Å². The summed E-state index contributed by atoms with van der Waals surface area (Å²) in [6.45, 7) is 13.7. The van der Waals surface area contributed by atoms with Crippen molar-refractivity contribution >= 4 is 5.69 Å². The van der Waals surface area contributed by atoms with E-state index in [0.717, 1.165) is 11.4 Å².